The quantitative estimate of drug-likeness (QED) is 0.102. The van der Waals surface area contributed by atoms with Gasteiger partial charge in [0.05, 0.1) is 30.1 Å². The van der Waals surface area contributed by atoms with E-state index in [0.29, 0.717) is 26.9 Å². The number of carbonyl (C=O) groups is 5. The smallest absolute Gasteiger partial charge is 0.254 e. The predicted octanol–water partition coefficient (Wildman–Crippen LogP) is 6.31. The molecule has 6 atom stereocenters. The van der Waals surface area contributed by atoms with E-state index in [1.165, 1.54) is 7.11 Å². The first kappa shape index (κ1) is 33.0. The van der Waals surface area contributed by atoms with E-state index >= 15 is 0 Å². The molecule has 7 rings (SSSR count). The van der Waals surface area contributed by atoms with Crippen LogP contribution in [0.25, 0.3) is 0 Å². The van der Waals surface area contributed by atoms with Crippen LogP contribution < -0.4 is 9.64 Å². The van der Waals surface area contributed by atoms with Crippen molar-refractivity contribution in [1.29, 1.82) is 0 Å². The van der Waals surface area contributed by atoms with Gasteiger partial charge in [-0.2, -0.15) is 0 Å². The van der Waals surface area contributed by atoms with Gasteiger partial charge >= 0.3 is 0 Å². The number of methoxy groups -OCH3 is 1. The Morgan fingerprint density at radius 2 is 1.62 bits per heavy atom. The number of imide groups is 2. The van der Waals surface area contributed by atoms with Gasteiger partial charge in [0.2, 0.25) is 11.8 Å². The van der Waals surface area contributed by atoms with Crippen LogP contribution in [-0.4, -0.2) is 61.7 Å². The number of amides is 4. The van der Waals surface area contributed by atoms with Crippen molar-refractivity contribution in [3.63, 3.8) is 0 Å². The molecule has 3 aromatic rings. The molecule has 2 heterocycles. The van der Waals surface area contributed by atoms with E-state index in [-0.39, 0.29) is 41.1 Å². The average Bonchev–Trinajstić information content (AvgIpc) is 3.43. The van der Waals surface area contributed by atoms with Crippen molar-refractivity contribution in [2.24, 2.45) is 17.8 Å². The molecular weight excluding hydrogens is 791 g/mol. The molecule has 0 bridgehead atoms. The number of fused-ring (bicyclic) bond motifs is 4. The minimum atomic E-state index is -2.08. The number of likely N-dealkylation sites (tertiary alicyclic amines) is 1. The summed E-state index contributed by atoms with van der Waals surface area (Å²) < 4.78 is 5.90. The van der Waals surface area contributed by atoms with E-state index < -0.39 is 57.0 Å². The minimum Gasteiger partial charge on any atom is -0.504 e. The summed E-state index contributed by atoms with van der Waals surface area (Å²) in [5.74, 6) is -6.45. The van der Waals surface area contributed by atoms with Gasteiger partial charge in [0, 0.05) is 27.1 Å². The average molecular weight is 817 g/mol. The van der Waals surface area contributed by atoms with Gasteiger partial charge < -0.3 is 9.84 Å². The third-order valence-corrected chi connectivity index (χ3v) is 12.4. The Kier molecular flexibility index (Phi) is 8.13. The molecular formula is C35H26Br2Cl2N2O7. The number of benzene rings is 3. The van der Waals surface area contributed by atoms with Crippen LogP contribution in [0.15, 0.2) is 82.9 Å². The molecule has 0 radical (unpaired) electrons. The van der Waals surface area contributed by atoms with Crippen LogP contribution in [-0.2, 0) is 19.2 Å². The Labute approximate surface area is 302 Å². The van der Waals surface area contributed by atoms with Crippen molar-refractivity contribution < 1.29 is 33.8 Å². The van der Waals surface area contributed by atoms with E-state index in [2.05, 4.69) is 31.9 Å². The lowest BCUT2D eigenvalue weighted by molar-refractivity contribution is -0.138. The standard InChI is InChI=1S/C35H26Br2Cl2N2O7/c1-48-25-14-19(37)13-23(29(25)43)27-21-11-12-22-26(24(21)15-34(38)32(46)40(16-36)33(47)35(27,34)39)31(45)41(30(22)44)20-9-7-18(8-10-20)28(42)17-5-3-2-4-6-17/h2-11,13-14,22,24,26-27,43H,12,15-16H2,1H3/t22-,24+,26-,27+,34+,35-/m0/s1. The van der Waals surface area contributed by atoms with Crippen LogP contribution in [0.5, 0.6) is 11.5 Å². The zero-order valence-corrected chi connectivity index (χ0v) is 29.8. The molecule has 48 heavy (non-hydrogen) atoms. The Morgan fingerprint density at radius 3 is 2.27 bits per heavy atom. The Hall–Kier alpha value is -3.51. The number of nitrogens with zero attached hydrogens (tertiary/aromatic N) is 2. The minimum absolute atomic E-state index is 0.0952. The molecule has 2 aliphatic heterocycles. The number of hydrogen-bond donors (Lipinski definition) is 1. The number of ketones is 1. The Morgan fingerprint density at radius 1 is 0.958 bits per heavy atom. The number of carbonyl (C=O) groups excluding carboxylic acids is 5. The van der Waals surface area contributed by atoms with E-state index in [1.807, 2.05) is 6.07 Å². The van der Waals surface area contributed by atoms with Gasteiger partial charge in [-0.15, -0.1) is 23.2 Å². The fraction of sp³-hybridized carbons (Fsp3) is 0.286. The maximum Gasteiger partial charge on any atom is 0.254 e. The second-order valence-corrected chi connectivity index (χ2v) is 14.9. The normalized spacial score (nSPS) is 29.4. The zero-order valence-electron chi connectivity index (χ0n) is 25.2. The second-order valence-electron chi connectivity index (χ2n) is 12.3. The summed E-state index contributed by atoms with van der Waals surface area (Å²) in [7, 11) is 1.38. The van der Waals surface area contributed by atoms with Gasteiger partial charge in [-0.3, -0.25) is 33.8 Å². The molecule has 246 valence electrons. The highest BCUT2D eigenvalue weighted by atomic mass is 79.9. The van der Waals surface area contributed by atoms with Gasteiger partial charge in [0.25, 0.3) is 11.8 Å². The molecule has 3 fully saturated rings. The highest BCUT2D eigenvalue weighted by molar-refractivity contribution is 9.10. The van der Waals surface area contributed by atoms with E-state index in [1.54, 1.807) is 66.7 Å². The fourth-order valence-corrected chi connectivity index (χ4v) is 9.71. The summed E-state index contributed by atoms with van der Waals surface area (Å²) in [6.07, 6.45) is 1.74. The molecule has 2 aliphatic carbocycles. The van der Waals surface area contributed by atoms with Gasteiger partial charge in [0.1, 0.15) is 0 Å². The van der Waals surface area contributed by atoms with Crippen molar-refractivity contribution in [2.75, 3.05) is 17.5 Å². The third kappa shape index (κ3) is 4.50. The lowest BCUT2D eigenvalue weighted by Crippen LogP contribution is -2.60. The SMILES string of the molecule is COc1cc(Br)cc([C@H]2C3=CC[C@@H]4C(=O)N(c5ccc(C(=O)c6ccccc6)cc5)C(=O)[C@@H]4[C@@H]3C[C@@]3(Cl)C(=O)N(CBr)C(=O)[C@@]23Cl)c1O. The number of alkyl halides is 3. The number of rotatable bonds is 6. The molecule has 0 unspecified atom stereocenters. The second kappa shape index (κ2) is 11.8. The van der Waals surface area contributed by atoms with Crippen molar-refractivity contribution in [3.8, 4) is 11.5 Å². The molecule has 9 nitrogen and oxygen atoms in total. The summed E-state index contributed by atoms with van der Waals surface area (Å²) in [5, 5.41) is 11.4. The first-order chi connectivity index (χ1) is 22.9. The molecule has 3 aromatic carbocycles. The van der Waals surface area contributed by atoms with Gasteiger partial charge in [-0.05, 0) is 55.2 Å². The Balaban J connectivity index is 1.31. The van der Waals surface area contributed by atoms with Crippen molar-refractivity contribution in [1.82, 2.24) is 4.90 Å². The number of anilines is 1. The Bertz CT molecular complexity index is 1960. The van der Waals surface area contributed by atoms with Crippen LogP contribution in [0.3, 0.4) is 0 Å². The highest BCUT2D eigenvalue weighted by Crippen LogP contribution is 2.66. The summed E-state index contributed by atoms with van der Waals surface area (Å²) in [6.45, 7) is 0. The number of aromatic hydroxyl groups is 1. The number of phenols is 1. The van der Waals surface area contributed by atoms with Crippen LogP contribution in [0, 0.1) is 17.8 Å². The third-order valence-electron chi connectivity index (χ3n) is 10.0. The number of ether oxygens (including phenoxy) is 1. The number of phenolic OH excluding ortho intramolecular Hbond substituents is 1. The fourth-order valence-electron chi connectivity index (χ4n) is 7.84. The molecule has 4 aliphatic rings. The largest absolute Gasteiger partial charge is 0.504 e. The van der Waals surface area contributed by atoms with Crippen LogP contribution >= 0.6 is 55.1 Å². The monoisotopic (exact) mass is 814 g/mol. The number of hydrogen-bond acceptors (Lipinski definition) is 7. The van der Waals surface area contributed by atoms with Gasteiger partial charge in [-0.25, -0.2) is 0 Å². The highest BCUT2D eigenvalue weighted by Gasteiger charge is 2.76. The van der Waals surface area contributed by atoms with Gasteiger partial charge in [-0.1, -0.05) is 73.8 Å². The summed E-state index contributed by atoms with van der Waals surface area (Å²) in [5.41, 5.74) is 1.75. The van der Waals surface area contributed by atoms with E-state index in [9.17, 15) is 29.1 Å². The summed E-state index contributed by atoms with van der Waals surface area (Å²) in [4.78, 5) is 67.1. The molecule has 4 amide bonds. The molecule has 13 heteroatoms. The first-order valence-electron chi connectivity index (χ1n) is 15.0. The molecule has 1 N–H and O–H groups in total. The maximum absolute atomic E-state index is 14.3. The first-order valence-corrected chi connectivity index (χ1v) is 17.7. The van der Waals surface area contributed by atoms with Crippen molar-refractivity contribution >= 4 is 90.2 Å². The summed E-state index contributed by atoms with van der Waals surface area (Å²) >= 11 is 21.2. The predicted molar refractivity (Wildman–Crippen MR) is 185 cm³/mol. The van der Waals surface area contributed by atoms with Crippen LogP contribution in [0.2, 0.25) is 0 Å². The van der Waals surface area contributed by atoms with Gasteiger partial charge in [0.15, 0.2) is 27.0 Å². The molecule has 0 aromatic heterocycles. The van der Waals surface area contributed by atoms with E-state index in [4.69, 9.17) is 27.9 Å². The topological polar surface area (TPSA) is 121 Å². The zero-order chi connectivity index (χ0) is 34.3. The molecule has 2 saturated heterocycles. The summed E-state index contributed by atoms with van der Waals surface area (Å²) in [6, 6.07) is 18.2. The molecule has 1 saturated carbocycles. The van der Waals surface area contributed by atoms with Crippen molar-refractivity contribution in [3.05, 3.63) is 99.5 Å². The van der Waals surface area contributed by atoms with Crippen LogP contribution in [0.4, 0.5) is 5.69 Å². The number of allylic oxidation sites excluding steroid dienone is 2. The number of halogens is 4. The lowest BCUT2D eigenvalue weighted by atomic mass is 9.56. The lowest BCUT2D eigenvalue weighted by Gasteiger charge is -2.50. The van der Waals surface area contributed by atoms with E-state index in [0.717, 1.165) is 9.80 Å². The van der Waals surface area contributed by atoms with Crippen LogP contribution in [0.1, 0.15) is 40.2 Å². The maximum atomic E-state index is 14.3. The van der Waals surface area contributed by atoms with Crippen molar-refractivity contribution in [2.45, 2.75) is 28.5 Å². The molecule has 0 spiro atoms.